The van der Waals surface area contributed by atoms with Gasteiger partial charge in [-0.3, -0.25) is 0 Å². The highest BCUT2D eigenvalue weighted by atomic mass is 79.9. The summed E-state index contributed by atoms with van der Waals surface area (Å²) in [7, 11) is 0. The minimum atomic E-state index is 0.406. The molecule has 0 aromatic carbocycles. The summed E-state index contributed by atoms with van der Waals surface area (Å²) < 4.78 is 8.55. The lowest BCUT2D eigenvalue weighted by Gasteiger charge is -1.98. The van der Waals surface area contributed by atoms with Gasteiger partial charge in [0.05, 0.1) is 11.7 Å². The summed E-state index contributed by atoms with van der Waals surface area (Å²) in [4.78, 5) is 0. The van der Waals surface area contributed by atoms with Crippen LogP contribution in [0.25, 0.3) is 0 Å². The lowest BCUT2D eigenvalue weighted by molar-refractivity contribution is 1.28. The molecule has 0 spiro atoms. The van der Waals surface area contributed by atoms with Gasteiger partial charge in [-0.15, -0.1) is 0 Å². The van der Waals surface area contributed by atoms with Gasteiger partial charge in [-0.2, -0.15) is 8.75 Å². The van der Waals surface area contributed by atoms with Crippen molar-refractivity contribution in [1.82, 2.24) is 8.75 Å². The first-order valence-corrected chi connectivity index (χ1v) is 4.65. The maximum Gasteiger partial charge on any atom is 0.186 e. The van der Waals surface area contributed by atoms with Crippen molar-refractivity contribution in [3.8, 4) is 0 Å². The Bertz CT molecular complexity index is 262. The van der Waals surface area contributed by atoms with Gasteiger partial charge in [0, 0.05) is 11.0 Å². The number of rotatable bonds is 3. The normalized spacial score (nSPS) is 9.64. The van der Waals surface area contributed by atoms with Gasteiger partial charge in [0.25, 0.3) is 0 Å². The second kappa shape index (κ2) is 4.04. The minimum Gasteiger partial charge on any atom is -0.362 e. The van der Waals surface area contributed by atoms with Crippen LogP contribution in [-0.4, -0.2) is 15.3 Å². The first kappa shape index (κ1) is 8.96. The highest BCUT2D eigenvalue weighted by Crippen LogP contribution is 2.18. The maximum absolute atomic E-state index is 5.65. The fourth-order valence-corrected chi connectivity index (χ4v) is 1.29. The molecule has 0 unspecified atom stereocenters. The van der Waals surface area contributed by atoms with E-state index < -0.39 is 0 Å². The quantitative estimate of drug-likeness (QED) is 0.901. The van der Waals surface area contributed by atoms with Crippen LogP contribution < -0.4 is 5.32 Å². The third-order valence-corrected chi connectivity index (χ3v) is 2.07. The zero-order valence-electron chi connectivity index (χ0n) is 5.47. The predicted octanol–water partition coefficient (Wildman–Crippen LogP) is 2.51. The van der Waals surface area contributed by atoms with E-state index in [0.717, 1.165) is 16.2 Å². The number of anilines is 1. The molecule has 1 heterocycles. The fraction of sp³-hybridized carbons (Fsp3) is 0.200. The van der Waals surface area contributed by atoms with E-state index in [1.54, 1.807) is 0 Å². The van der Waals surface area contributed by atoms with E-state index >= 15 is 0 Å². The summed E-state index contributed by atoms with van der Waals surface area (Å²) in [6.45, 7) is 4.25. The molecule has 0 saturated heterocycles. The van der Waals surface area contributed by atoms with E-state index in [-0.39, 0.29) is 0 Å². The average molecular weight is 255 g/mol. The van der Waals surface area contributed by atoms with E-state index in [0.29, 0.717) is 17.5 Å². The molecule has 0 radical (unpaired) electrons. The Morgan fingerprint density at radius 3 is 2.91 bits per heavy atom. The number of aromatic nitrogens is 2. The lowest BCUT2D eigenvalue weighted by atomic mass is 10.6. The second-order valence-corrected chi connectivity index (χ2v) is 3.78. The van der Waals surface area contributed by atoms with Gasteiger partial charge in [-0.05, 0) is 0 Å². The Kier molecular flexibility index (Phi) is 3.29. The Morgan fingerprint density at radius 1 is 1.73 bits per heavy atom. The highest BCUT2D eigenvalue weighted by molar-refractivity contribution is 9.11. The third kappa shape index (κ3) is 2.76. The van der Waals surface area contributed by atoms with E-state index in [4.69, 9.17) is 11.6 Å². The second-order valence-electron chi connectivity index (χ2n) is 1.77. The van der Waals surface area contributed by atoms with Crippen LogP contribution in [0.1, 0.15) is 0 Å². The van der Waals surface area contributed by atoms with E-state index in [2.05, 4.69) is 36.6 Å². The molecule has 0 saturated carbocycles. The van der Waals surface area contributed by atoms with Crippen LogP contribution in [0, 0.1) is 0 Å². The Hall–Kier alpha value is -0.130. The summed E-state index contributed by atoms with van der Waals surface area (Å²) in [5.74, 6) is 0.609. The molecule has 1 N–H and O–H groups in total. The van der Waals surface area contributed by atoms with Crippen molar-refractivity contribution in [3.63, 3.8) is 0 Å². The summed E-state index contributed by atoms with van der Waals surface area (Å²) in [6.07, 6.45) is 0. The predicted molar refractivity (Wildman–Crippen MR) is 51.5 cm³/mol. The number of hydrogen-bond acceptors (Lipinski definition) is 4. The SMILES string of the molecule is C=C(Br)CNc1nsnc1Cl. The summed E-state index contributed by atoms with van der Waals surface area (Å²) in [5, 5.41) is 3.36. The molecule has 6 heteroatoms. The summed E-state index contributed by atoms with van der Waals surface area (Å²) >= 11 is 9.93. The first-order chi connectivity index (χ1) is 5.20. The molecule has 1 aromatic heterocycles. The van der Waals surface area contributed by atoms with Gasteiger partial charge < -0.3 is 5.32 Å². The van der Waals surface area contributed by atoms with Crippen LogP contribution >= 0.6 is 39.3 Å². The molecule has 0 fully saturated rings. The molecule has 0 aliphatic rings. The first-order valence-electron chi connectivity index (χ1n) is 2.75. The number of nitrogens with zero attached hydrogens (tertiary/aromatic N) is 2. The van der Waals surface area contributed by atoms with Crippen molar-refractivity contribution in [2.24, 2.45) is 0 Å². The van der Waals surface area contributed by atoms with Crippen LogP contribution in [0.3, 0.4) is 0 Å². The third-order valence-electron chi connectivity index (χ3n) is 0.896. The van der Waals surface area contributed by atoms with Crippen molar-refractivity contribution in [1.29, 1.82) is 0 Å². The molecular formula is C5H5BrClN3S. The number of halogens is 2. The fourth-order valence-electron chi connectivity index (χ4n) is 0.463. The van der Waals surface area contributed by atoms with Crippen molar-refractivity contribution in [2.75, 3.05) is 11.9 Å². The molecule has 1 rings (SSSR count). The van der Waals surface area contributed by atoms with Crippen molar-refractivity contribution in [2.45, 2.75) is 0 Å². The number of nitrogens with one attached hydrogen (secondary N) is 1. The van der Waals surface area contributed by atoms with Crippen LogP contribution in [0.4, 0.5) is 5.82 Å². The van der Waals surface area contributed by atoms with Crippen molar-refractivity contribution < 1.29 is 0 Å². The van der Waals surface area contributed by atoms with Gasteiger partial charge in [-0.1, -0.05) is 34.1 Å². The molecule has 0 atom stereocenters. The van der Waals surface area contributed by atoms with Crippen LogP contribution in [0.15, 0.2) is 11.1 Å². The van der Waals surface area contributed by atoms with Gasteiger partial charge in [0.15, 0.2) is 11.0 Å². The van der Waals surface area contributed by atoms with Crippen molar-refractivity contribution in [3.05, 3.63) is 16.2 Å². The van der Waals surface area contributed by atoms with Gasteiger partial charge in [-0.25, -0.2) is 0 Å². The molecule has 0 bridgehead atoms. The average Bonchev–Trinajstić information content (AvgIpc) is 2.31. The van der Waals surface area contributed by atoms with Crippen molar-refractivity contribution >= 4 is 45.1 Å². The monoisotopic (exact) mass is 253 g/mol. The summed E-state index contributed by atoms with van der Waals surface area (Å²) in [5.41, 5.74) is 0. The van der Waals surface area contributed by atoms with E-state index in [1.807, 2.05) is 0 Å². The molecule has 11 heavy (non-hydrogen) atoms. The Morgan fingerprint density at radius 2 is 2.45 bits per heavy atom. The smallest absolute Gasteiger partial charge is 0.186 e. The largest absolute Gasteiger partial charge is 0.362 e. The lowest BCUT2D eigenvalue weighted by Crippen LogP contribution is -2.00. The topological polar surface area (TPSA) is 37.8 Å². The van der Waals surface area contributed by atoms with Gasteiger partial charge in [0.1, 0.15) is 0 Å². The molecule has 60 valence electrons. The van der Waals surface area contributed by atoms with E-state index in [1.165, 1.54) is 0 Å². The summed E-state index contributed by atoms with van der Waals surface area (Å²) in [6, 6.07) is 0. The Labute approximate surface area is 81.9 Å². The molecule has 0 aliphatic heterocycles. The van der Waals surface area contributed by atoms with E-state index in [9.17, 15) is 0 Å². The zero-order valence-corrected chi connectivity index (χ0v) is 8.63. The molecule has 0 aliphatic carbocycles. The van der Waals surface area contributed by atoms with Crippen LogP contribution in [-0.2, 0) is 0 Å². The van der Waals surface area contributed by atoms with Gasteiger partial charge >= 0.3 is 0 Å². The zero-order chi connectivity index (χ0) is 8.27. The van der Waals surface area contributed by atoms with Crippen LogP contribution in [0.5, 0.6) is 0 Å². The van der Waals surface area contributed by atoms with Crippen LogP contribution in [0.2, 0.25) is 5.15 Å². The highest BCUT2D eigenvalue weighted by Gasteiger charge is 2.02. The maximum atomic E-state index is 5.65. The standard InChI is InChI=1S/C5H5BrClN3S/c1-3(6)2-8-5-4(7)9-11-10-5/h1-2H2,(H,8,10). The number of hydrogen-bond donors (Lipinski definition) is 1. The van der Waals surface area contributed by atoms with Gasteiger partial charge in [0.2, 0.25) is 0 Å². The molecular weight excluding hydrogens is 250 g/mol. The molecule has 1 aromatic rings. The minimum absolute atomic E-state index is 0.406. The molecule has 3 nitrogen and oxygen atoms in total. The Balaban J connectivity index is 2.51. The molecule has 0 amide bonds.